The summed E-state index contributed by atoms with van der Waals surface area (Å²) in [6, 6.07) is 2.86. The van der Waals surface area contributed by atoms with Gasteiger partial charge in [-0.25, -0.2) is 24.1 Å². The van der Waals surface area contributed by atoms with Gasteiger partial charge in [0.15, 0.2) is 23.6 Å². The summed E-state index contributed by atoms with van der Waals surface area (Å²) in [5.74, 6) is -0.0311. The van der Waals surface area contributed by atoms with E-state index in [4.69, 9.17) is 39.0 Å². The molecule has 3 saturated heterocycles. The lowest BCUT2D eigenvalue weighted by atomic mass is 10.1. The van der Waals surface area contributed by atoms with Gasteiger partial charge in [-0.3, -0.25) is 27.5 Å². The number of aromatic amines is 1. The quantitative estimate of drug-likeness (QED) is 0.124. The zero-order valence-corrected chi connectivity index (χ0v) is 24.5. The number of fused-ring (bicyclic) bond motifs is 5. The van der Waals surface area contributed by atoms with Gasteiger partial charge in [0.1, 0.15) is 48.0 Å². The average Bonchev–Trinajstić information content (AvgIpc) is 3.72. The van der Waals surface area contributed by atoms with Crippen LogP contribution in [0, 0.1) is 0 Å². The SMILES string of the molecule is Nc1cc2c(ncn2[C@@H]2O[C@@H]3COP(=O)(O)O[C@H]4[C@@H](O)[C@H](n5cnc6c(N)ccnc65)O[C@@H]4COP(=O)(O)O[C@@H]2[C@@H]3O)c(=O)[nH]1. The molecule has 2 bridgehead atoms. The second kappa shape index (κ2) is 10.9. The summed E-state index contributed by atoms with van der Waals surface area (Å²) in [7, 11) is -10.1. The zero-order valence-electron chi connectivity index (χ0n) is 22.7. The topological polar surface area (TPSA) is 304 Å². The summed E-state index contributed by atoms with van der Waals surface area (Å²) < 4.78 is 61.4. The van der Waals surface area contributed by atoms with Crippen molar-refractivity contribution in [1.29, 1.82) is 0 Å². The fourth-order valence-corrected chi connectivity index (χ4v) is 7.41. The molecule has 2 unspecified atom stereocenters. The molecule has 10 atom stereocenters. The van der Waals surface area contributed by atoms with E-state index in [2.05, 4.69) is 19.9 Å². The number of ether oxygens (including phenoxy) is 2. The minimum Gasteiger partial charge on any atom is -0.397 e. The summed E-state index contributed by atoms with van der Waals surface area (Å²) >= 11 is 0. The van der Waals surface area contributed by atoms with Crippen LogP contribution in [0.5, 0.6) is 0 Å². The molecule has 0 radical (unpaired) electrons. The highest BCUT2D eigenvalue weighted by Gasteiger charge is 2.53. The van der Waals surface area contributed by atoms with Crippen LogP contribution < -0.4 is 17.0 Å². The van der Waals surface area contributed by atoms with Gasteiger partial charge in [-0.05, 0) is 6.07 Å². The van der Waals surface area contributed by atoms with E-state index in [0.717, 1.165) is 6.33 Å². The first kappa shape index (κ1) is 30.4. The molecule has 0 aromatic carbocycles. The van der Waals surface area contributed by atoms with Crippen LogP contribution in [0.1, 0.15) is 12.5 Å². The first-order valence-corrected chi connectivity index (χ1v) is 16.2. The number of aliphatic hydroxyl groups is 2. The van der Waals surface area contributed by atoms with Crippen LogP contribution in [-0.4, -0.2) is 98.9 Å². The van der Waals surface area contributed by atoms with Crippen molar-refractivity contribution in [3.05, 3.63) is 41.3 Å². The predicted octanol–water partition coefficient (Wildman–Crippen LogP) is -1.13. The lowest BCUT2D eigenvalue weighted by Crippen LogP contribution is -2.36. The first-order chi connectivity index (χ1) is 21.3. The number of phosphoric acid groups is 2. The zero-order chi connectivity index (χ0) is 31.8. The Morgan fingerprint density at radius 2 is 1.51 bits per heavy atom. The van der Waals surface area contributed by atoms with Crippen molar-refractivity contribution in [3.8, 4) is 0 Å². The molecule has 23 heteroatoms. The number of aliphatic hydroxyl groups excluding tert-OH is 2. The molecule has 3 aliphatic rings. The standard InChI is InChI=1S/C22H26N8O13P2/c23-8-1-2-25-19-13(8)26-7-30(19)21-16(32)17-11(41-21)5-39-45(36,37)43-18-15(31)10(4-38-44(34,35)42-17)40-22(18)29-6-27-14-9(29)3-12(24)28-20(14)33/h1-3,6-7,10-11,15-18,21-22,31-32H,4-5H2,(H2,23,25)(H,34,35)(H,36,37)(H3,24,28,33)/t10-,11-,15-,16-,17-,18-,21-,22-/m1/s1. The largest absolute Gasteiger partial charge is 0.472 e. The number of H-pyrrole nitrogens is 1. The Morgan fingerprint density at radius 1 is 0.867 bits per heavy atom. The summed E-state index contributed by atoms with van der Waals surface area (Å²) in [4.78, 5) is 48.4. The van der Waals surface area contributed by atoms with Crippen LogP contribution in [0.2, 0.25) is 0 Å². The van der Waals surface area contributed by atoms with Crippen molar-refractivity contribution in [2.45, 2.75) is 49.1 Å². The van der Waals surface area contributed by atoms with E-state index in [1.807, 2.05) is 0 Å². The molecule has 242 valence electrons. The molecule has 9 N–H and O–H groups in total. The number of phosphoric ester groups is 2. The number of anilines is 2. The van der Waals surface area contributed by atoms with Gasteiger partial charge in [-0.2, -0.15) is 0 Å². The third kappa shape index (κ3) is 5.35. The lowest BCUT2D eigenvalue weighted by molar-refractivity contribution is -0.0671. The summed E-state index contributed by atoms with van der Waals surface area (Å²) in [5.41, 5.74) is 11.9. The number of aromatic nitrogens is 6. The van der Waals surface area contributed by atoms with Gasteiger partial charge in [0.25, 0.3) is 5.56 Å². The predicted molar refractivity (Wildman–Crippen MR) is 148 cm³/mol. The fourth-order valence-electron chi connectivity index (χ4n) is 5.52. The van der Waals surface area contributed by atoms with Crippen molar-refractivity contribution in [2.75, 3.05) is 24.7 Å². The normalized spacial score (nSPS) is 37.7. The average molecular weight is 672 g/mol. The van der Waals surface area contributed by atoms with Gasteiger partial charge in [0.2, 0.25) is 0 Å². The van der Waals surface area contributed by atoms with Gasteiger partial charge >= 0.3 is 15.6 Å². The molecule has 4 aromatic heterocycles. The van der Waals surface area contributed by atoms with E-state index in [9.17, 15) is 33.9 Å². The number of pyridine rings is 2. The molecule has 3 aliphatic heterocycles. The summed E-state index contributed by atoms with van der Waals surface area (Å²) in [6.07, 6.45) is -8.55. The molecular weight excluding hydrogens is 646 g/mol. The van der Waals surface area contributed by atoms with Crippen molar-refractivity contribution in [2.24, 2.45) is 0 Å². The third-order valence-corrected chi connectivity index (χ3v) is 9.54. The van der Waals surface area contributed by atoms with Crippen LogP contribution in [0.4, 0.5) is 11.5 Å². The number of hydrogen-bond donors (Lipinski definition) is 7. The molecule has 0 amide bonds. The highest BCUT2D eigenvalue weighted by molar-refractivity contribution is 7.47. The Labute approximate surface area is 250 Å². The molecular formula is C22H26N8O13P2. The van der Waals surface area contributed by atoms with Gasteiger partial charge in [-0.15, -0.1) is 0 Å². The van der Waals surface area contributed by atoms with Crippen molar-refractivity contribution >= 4 is 49.3 Å². The fraction of sp³-hybridized carbons (Fsp3) is 0.455. The van der Waals surface area contributed by atoms with E-state index >= 15 is 0 Å². The third-order valence-electron chi connectivity index (χ3n) is 7.57. The molecule has 45 heavy (non-hydrogen) atoms. The maximum Gasteiger partial charge on any atom is 0.472 e. The number of rotatable bonds is 2. The highest BCUT2D eigenvalue weighted by atomic mass is 31.2. The highest BCUT2D eigenvalue weighted by Crippen LogP contribution is 2.53. The molecule has 0 spiro atoms. The lowest BCUT2D eigenvalue weighted by Gasteiger charge is -2.26. The van der Waals surface area contributed by atoms with Gasteiger partial charge < -0.3 is 50.5 Å². The van der Waals surface area contributed by atoms with E-state index < -0.39 is 83.5 Å². The summed E-state index contributed by atoms with van der Waals surface area (Å²) in [5, 5.41) is 22.2. The van der Waals surface area contributed by atoms with Gasteiger partial charge in [0, 0.05) is 12.3 Å². The Bertz CT molecular complexity index is 1930. The number of nitrogens with zero attached hydrogens (tertiary/aromatic N) is 5. The molecule has 3 fully saturated rings. The van der Waals surface area contributed by atoms with E-state index in [-0.39, 0.29) is 28.2 Å². The van der Waals surface area contributed by atoms with Crippen LogP contribution in [-0.2, 0) is 36.7 Å². The van der Waals surface area contributed by atoms with Crippen LogP contribution in [0.25, 0.3) is 22.2 Å². The second-order valence-electron chi connectivity index (χ2n) is 10.4. The van der Waals surface area contributed by atoms with Gasteiger partial charge in [0.05, 0.1) is 37.1 Å². The number of nitrogens with one attached hydrogen (secondary N) is 1. The molecule has 21 nitrogen and oxygen atoms in total. The smallest absolute Gasteiger partial charge is 0.397 e. The Kier molecular flexibility index (Phi) is 7.36. The van der Waals surface area contributed by atoms with Crippen LogP contribution >= 0.6 is 15.6 Å². The van der Waals surface area contributed by atoms with Crippen molar-refractivity contribution in [3.63, 3.8) is 0 Å². The van der Waals surface area contributed by atoms with Crippen LogP contribution in [0.15, 0.2) is 35.8 Å². The molecule has 0 aliphatic carbocycles. The van der Waals surface area contributed by atoms with E-state index in [0.29, 0.717) is 5.52 Å². The van der Waals surface area contributed by atoms with Crippen LogP contribution in [0.3, 0.4) is 0 Å². The maximum atomic E-state index is 13.2. The monoisotopic (exact) mass is 672 g/mol. The van der Waals surface area contributed by atoms with E-state index in [1.165, 1.54) is 33.8 Å². The summed E-state index contributed by atoms with van der Waals surface area (Å²) in [6.45, 7) is -1.60. The Balaban J connectivity index is 1.21. The second-order valence-corrected chi connectivity index (χ2v) is 13.3. The van der Waals surface area contributed by atoms with E-state index in [1.54, 1.807) is 0 Å². The molecule has 7 heterocycles. The molecule has 7 rings (SSSR count). The van der Waals surface area contributed by atoms with Crippen molar-refractivity contribution in [1.82, 2.24) is 29.1 Å². The first-order valence-electron chi connectivity index (χ1n) is 13.2. The number of hydrogen-bond acceptors (Lipinski definition) is 16. The maximum absolute atomic E-state index is 13.2. The molecule has 4 aromatic rings. The Morgan fingerprint density at radius 3 is 2.27 bits per heavy atom. The van der Waals surface area contributed by atoms with Crippen molar-refractivity contribution < 1.29 is 56.7 Å². The molecule has 0 saturated carbocycles. The minimum atomic E-state index is -5.09. The number of nitrogen functional groups attached to an aromatic ring is 2. The number of imidazole rings is 2. The number of nitrogens with two attached hydrogens (primary N) is 2. The van der Waals surface area contributed by atoms with Gasteiger partial charge in [-0.1, -0.05) is 0 Å². The minimum absolute atomic E-state index is 0.0311. The Hall–Kier alpha value is -3.30.